The molecular formula is C9H9BrF3N. The Labute approximate surface area is 88.5 Å². The highest BCUT2D eigenvalue weighted by Gasteiger charge is 2.31. The number of nitrogens with zero attached hydrogens (tertiary/aromatic N) is 1. The summed E-state index contributed by atoms with van der Waals surface area (Å²) in [5, 5.41) is 0. The number of halogens is 4. The van der Waals surface area contributed by atoms with Gasteiger partial charge in [-0.1, -0.05) is 13.8 Å². The van der Waals surface area contributed by atoms with Gasteiger partial charge in [-0.2, -0.15) is 13.2 Å². The third kappa shape index (κ3) is 2.47. The van der Waals surface area contributed by atoms with Crippen LogP contribution in [0, 0.1) is 0 Å². The molecule has 0 saturated carbocycles. The Morgan fingerprint density at radius 2 is 1.93 bits per heavy atom. The summed E-state index contributed by atoms with van der Waals surface area (Å²) >= 11 is 3.08. The molecule has 0 atom stereocenters. The van der Waals surface area contributed by atoms with Crippen molar-refractivity contribution in [3.63, 3.8) is 0 Å². The molecule has 78 valence electrons. The third-order valence-electron chi connectivity index (χ3n) is 1.74. The molecule has 0 radical (unpaired) electrons. The van der Waals surface area contributed by atoms with Gasteiger partial charge in [-0.25, -0.2) is 0 Å². The van der Waals surface area contributed by atoms with Gasteiger partial charge in [0.15, 0.2) is 0 Å². The first-order valence-corrected chi connectivity index (χ1v) is 4.84. The van der Waals surface area contributed by atoms with E-state index in [0.29, 0.717) is 10.2 Å². The zero-order chi connectivity index (χ0) is 10.9. The molecule has 1 aromatic rings. The molecule has 14 heavy (non-hydrogen) atoms. The first-order valence-electron chi connectivity index (χ1n) is 4.05. The molecule has 0 saturated heterocycles. The van der Waals surface area contributed by atoms with E-state index in [1.165, 1.54) is 0 Å². The average molecular weight is 268 g/mol. The summed E-state index contributed by atoms with van der Waals surface area (Å²) in [5.74, 6) is 0.103. The smallest absolute Gasteiger partial charge is 0.259 e. The van der Waals surface area contributed by atoms with E-state index in [4.69, 9.17) is 0 Å². The van der Waals surface area contributed by atoms with E-state index in [0.717, 1.165) is 12.3 Å². The molecule has 0 aliphatic rings. The number of rotatable bonds is 1. The largest absolute Gasteiger partial charge is 0.417 e. The topological polar surface area (TPSA) is 12.9 Å². The summed E-state index contributed by atoms with van der Waals surface area (Å²) in [5.41, 5.74) is -0.0909. The van der Waals surface area contributed by atoms with Gasteiger partial charge in [0.25, 0.3) is 0 Å². The van der Waals surface area contributed by atoms with Crippen LogP contribution in [0.5, 0.6) is 0 Å². The molecule has 0 aliphatic heterocycles. The molecule has 1 rings (SSSR count). The summed E-state index contributed by atoms with van der Waals surface area (Å²) in [6.07, 6.45) is -3.47. The molecule has 0 spiro atoms. The SMILES string of the molecule is CC(C)c1ncc(C(F)(F)F)cc1Br. The first kappa shape index (κ1) is 11.5. The Morgan fingerprint density at radius 1 is 1.36 bits per heavy atom. The summed E-state index contributed by atoms with van der Waals surface area (Å²) < 4.78 is 37.1. The van der Waals surface area contributed by atoms with E-state index < -0.39 is 11.7 Å². The van der Waals surface area contributed by atoms with Crippen molar-refractivity contribution in [3.8, 4) is 0 Å². The molecule has 5 heteroatoms. The molecule has 1 heterocycles. The fourth-order valence-electron chi connectivity index (χ4n) is 1.03. The van der Waals surface area contributed by atoms with Gasteiger partial charge >= 0.3 is 6.18 Å². The lowest BCUT2D eigenvalue weighted by Crippen LogP contribution is -2.07. The minimum absolute atomic E-state index is 0.103. The Morgan fingerprint density at radius 3 is 2.29 bits per heavy atom. The Balaban J connectivity index is 3.13. The van der Waals surface area contributed by atoms with Crippen molar-refractivity contribution >= 4 is 15.9 Å². The minimum atomic E-state index is -4.33. The number of hydrogen-bond donors (Lipinski definition) is 0. The second-order valence-electron chi connectivity index (χ2n) is 3.24. The van der Waals surface area contributed by atoms with Crippen molar-refractivity contribution in [1.82, 2.24) is 4.98 Å². The lowest BCUT2D eigenvalue weighted by molar-refractivity contribution is -0.137. The third-order valence-corrected chi connectivity index (χ3v) is 2.38. The van der Waals surface area contributed by atoms with E-state index in [1.807, 2.05) is 13.8 Å². The van der Waals surface area contributed by atoms with Gasteiger partial charge in [0.1, 0.15) is 0 Å². The van der Waals surface area contributed by atoms with Crippen LogP contribution in [-0.2, 0) is 6.18 Å². The number of pyridine rings is 1. The maximum atomic E-state index is 12.2. The van der Waals surface area contributed by atoms with Gasteiger partial charge in [-0.15, -0.1) is 0 Å². The van der Waals surface area contributed by atoms with Gasteiger partial charge in [0.2, 0.25) is 0 Å². The maximum Gasteiger partial charge on any atom is 0.417 e. The molecule has 0 bridgehead atoms. The highest BCUT2D eigenvalue weighted by Crippen LogP contribution is 2.32. The average Bonchev–Trinajstić information content (AvgIpc) is 2.01. The van der Waals surface area contributed by atoms with Crippen LogP contribution in [0.2, 0.25) is 0 Å². The Hall–Kier alpha value is -0.580. The zero-order valence-corrected chi connectivity index (χ0v) is 9.28. The van der Waals surface area contributed by atoms with Crippen LogP contribution >= 0.6 is 15.9 Å². The predicted octanol–water partition coefficient (Wildman–Crippen LogP) is 3.99. The molecule has 0 amide bonds. The van der Waals surface area contributed by atoms with Crippen LogP contribution in [0.15, 0.2) is 16.7 Å². The van der Waals surface area contributed by atoms with Gasteiger partial charge < -0.3 is 0 Å². The summed E-state index contributed by atoms with van der Waals surface area (Å²) in [6, 6.07) is 1.06. The molecule has 1 nitrogen and oxygen atoms in total. The van der Waals surface area contributed by atoms with E-state index in [-0.39, 0.29) is 5.92 Å². The number of alkyl halides is 3. The van der Waals surface area contributed by atoms with Crippen molar-refractivity contribution in [2.24, 2.45) is 0 Å². The number of aromatic nitrogens is 1. The predicted molar refractivity (Wildman–Crippen MR) is 51.0 cm³/mol. The minimum Gasteiger partial charge on any atom is -0.259 e. The Bertz CT molecular complexity index is 333. The van der Waals surface area contributed by atoms with E-state index >= 15 is 0 Å². The van der Waals surface area contributed by atoms with E-state index in [1.54, 1.807) is 0 Å². The van der Waals surface area contributed by atoms with Gasteiger partial charge in [0.05, 0.1) is 11.3 Å². The summed E-state index contributed by atoms with van der Waals surface area (Å²) in [6.45, 7) is 3.75. The lowest BCUT2D eigenvalue weighted by Gasteiger charge is -2.10. The highest BCUT2D eigenvalue weighted by molar-refractivity contribution is 9.10. The fraction of sp³-hybridized carbons (Fsp3) is 0.444. The van der Waals surface area contributed by atoms with Crippen LogP contribution in [0.25, 0.3) is 0 Å². The zero-order valence-electron chi connectivity index (χ0n) is 7.69. The van der Waals surface area contributed by atoms with Crippen molar-refractivity contribution in [1.29, 1.82) is 0 Å². The van der Waals surface area contributed by atoms with Crippen molar-refractivity contribution in [2.75, 3.05) is 0 Å². The molecule has 0 N–H and O–H groups in total. The molecule has 1 aromatic heterocycles. The second kappa shape index (κ2) is 3.88. The Kier molecular flexibility index (Phi) is 3.19. The van der Waals surface area contributed by atoms with Gasteiger partial charge in [0, 0.05) is 10.7 Å². The first-order chi connectivity index (χ1) is 6.32. The monoisotopic (exact) mass is 267 g/mol. The van der Waals surface area contributed by atoms with Crippen molar-refractivity contribution < 1.29 is 13.2 Å². The van der Waals surface area contributed by atoms with Crippen molar-refractivity contribution in [2.45, 2.75) is 25.9 Å². The molecule has 0 unspecified atom stereocenters. The summed E-state index contributed by atoms with van der Waals surface area (Å²) in [7, 11) is 0. The van der Waals surface area contributed by atoms with Crippen LogP contribution in [0.1, 0.15) is 31.0 Å². The van der Waals surface area contributed by atoms with Crippen LogP contribution < -0.4 is 0 Å². The van der Waals surface area contributed by atoms with Crippen molar-refractivity contribution in [3.05, 3.63) is 28.0 Å². The molecule has 0 aromatic carbocycles. The normalized spacial score (nSPS) is 12.2. The molecular weight excluding hydrogens is 259 g/mol. The standard InChI is InChI=1S/C9H9BrF3N/c1-5(2)8-7(10)3-6(4-14-8)9(11,12)13/h3-5H,1-2H3. The lowest BCUT2D eigenvalue weighted by atomic mass is 10.1. The van der Waals surface area contributed by atoms with E-state index in [9.17, 15) is 13.2 Å². The van der Waals surface area contributed by atoms with Crippen LogP contribution in [0.4, 0.5) is 13.2 Å². The maximum absolute atomic E-state index is 12.2. The van der Waals surface area contributed by atoms with Gasteiger partial charge in [-0.3, -0.25) is 4.98 Å². The number of hydrogen-bond acceptors (Lipinski definition) is 1. The highest BCUT2D eigenvalue weighted by atomic mass is 79.9. The van der Waals surface area contributed by atoms with E-state index in [2.05, 4.69) is 20.9 Å². The second-order valence-corrected chi connectivity index (χ2v) is 4.10. The van der Waals surface area contributed by atoms with Crippen LogP contribution in [0.3, 0.4) is 0 Å². The molecule has 0 fully saturated rings. The molecule has 0 aliphatic carbocycles. The van der Waals surface area contributed by atoms with Gasteiger partial charge in [-0.05, 0) is 27.9 Å². The summed E-state index contributed by atoms with van der Waals surface area (Å²) in [4.78, 5) is 3.78. The quantitative estimate of drug-likeness (QED) is 0.750. The fourth-order valence-corrected chi connectivity index (χ4v) is 1.84. The van der Waals surface area contributed by atoms with Crippen LogP contribution in [-0.4, -0.2) is 4.98 Å².